The van der Waals surface area contributed by atoms with E-state index in [0.29, 0.717) is 12.2 Å². The third kappa shape index (κ3) is 5.70. The molecule has 30 heavy (non-hydrogen) atoms. The Balaban J connectivity index is 2.10. The number of nitrogens with two attached hydrogens (primary N) is 1. The number of carbonyl (C=O) groups is 3. The molecule has 1 heterocycles. The standard InChI is InChI=1S/C21H29NO8/c1-11-12(2)21(30-18(20(25)27-5)17(11)28-13(3)23)29-15-8-6-14(7-9-15)10-16(22)19(24)26-4/h6-9,11-12,16-18,21H,10,22H2,1-5H3/t11-,12-,16+,17+,18+,21-/m1/s1. The quantitative estimate of drug-likeness (QED) is 0.509. The highest BCUT2D eigenvalue weighted by molar-refractivity contribution is 5.76. The summed E-state index contributed by atoms with van der Waals surface area (Å²) in [6, 6.07) is 6.28. The molecule has 2 rings (SSSR count). The van der Waals surface area contributed by atoms with E-state index in [1.165, 1.54) is 21.1 Å². The van der Waals surface area contributed by atoms with Gasteiger partial charge in [-0.3, -0.25) is 9.59 Å². The lowest BCUT2D eigenvalue weighted by atomic mass is 9.84. The van der Waals surface area contributed by atoms with E-state index >= 15 is 0 Å². The van der Waals surface area contributed by atoms with Crippen molar-refractivity contribution in [1.29, 1.82) is 0 Å². The fraction of sp³-hybridized carbons (Fsp3) is 0.571. The minimum Gasteiger partial charge on any atom is -0.468 e. The van der Waals surface area contributed by atoms with Crippen LogP contribution in [0.25, 0.3) is 0 Å². The van der Waals surface area contributed by atoms with Crippen molar-refractivity contribution in [3.8, 4) is 5.75 Å². The Morgan fingerprint density at radius 3 is 2.23 bits per heavy atom. The van der Waals surface area contributed by atoms with Crippen LogP contribution >= 0.6 is 0 Å². The summed E-state index contributed by atoms with van der Waals surface area (Å²) in [5, 5.41) is 0. The average Bonchev–Trinajstić information content (AvgIpc) is 2.73. The predicted octanol–water partition coefficient (Wildman–Crippen LogP) is 1.21. The zero-order chi connectivity index (χ0) is 22.4. The normalized spacial score (nSPS) is 26.9. The van der Waals surface area contributed by atoms with Gasteiger partial charge >= 0.3 is 17.9 Å². The molecule has 0 bridgehead atoms. The largest absolute Gasteiger partial charge is 0.468 e. The van der Waals surface area contributed by atoms with Crippen LogP contribution in [0.3, 0.4) is 0 Å². The molecule has 0 saturated carbocycles. The zero-order valence-electron chi connectivity index (χ0n) is 17.8. The van der Waals surface area contributed by atoms with Crippen molar-refractivity contribution in [2.24, 2.45) is 17.6 Å². The van der Waals surface area contributed by atoms with Gasteiger partial charge in [0.15, 0.2) is 6.10 Å². The van der Waals surface area contributed by atoms with Gasteiger partial charge in [-0.05, 0) is 24.1 Å². The van der Waals surface area contributed by atoms with Crippen LogP contribution < -0.4 is 10.5 Å². The van der Waals surface area contributed by atoms with Crippen molar-refractivity contribution in [1.82, 2.24) is 0 Å². The summed E-state index contributed by atoms with van der Waals surface area (Å²) >= 11 is 0. The topological polar surface area (TPSA) is 123 Å². The molecule has 0 aliphatic carbocycles. The summed E-state index contributed by atoms with van der Waals surface area (Å²) in [5.41, 5.74) is 6.62. The van der Waals surface area contributed by atoms with Gasteiger partial charge in [-0.15, -0.1) is 0 Å². The molecule has 1 saturated heterocycles. The first-order valence-electron chi connectivity index (χ1n) is 9.67. The summed E-state index contributed by atoms with van der Waals surface area (Å²) in [7, 11) is 2.53. The maximum atomic E-state index is 12.2. The van der Waals surface area contributed by atoms with Crippen LogP contribution in [0.1, 0.15) is 26.3 Å². The number of carbonyl (C=O) groups excluding carboxylic acids is 3. The second-order valence-electron chi connectivity index (χ2n) is 7.34. The predicted molar refractivity (Wildman–Crippen MR) is 105 cm³/mol. The molecule has 1 aliphatic rings. The van der Waals surface area contributed by atoms with Crippen molar-refractivity contribution in [3.63, 3.8) is 0 Å². The van der Waals surface area contributed by atoms with Gasteiger partial charge in [-0.25, -0.2) is 4.79 Å². The average molecular weight is 423 g/mol. The lowest BCUT2D eigenvalue weighted by Gasteiger charge is -2.42. The third-order valence-electron chi connectivity index (χ3n) is 5.23. The van der Waals surface area contributed by atoms with E-state index in [1.807, 2.05) is 13.8 Å². The number of benzene rings is 1. The maximum Gasteiger partial charge on any atom is 0.339 e. The fourth-order valence-electron chi connectivity index (χ4n) is 3.30. The van der Waals surface area contributed by atoms with E-state index in [1.54, 1.807) is 24.3 Å². The van der Waals surface area contributed by atoms with E-state index in [2.05, 4.69) is 4.74 Å². The molecular weight excluding hydrogens is 394 g/mol. The van der Waals surface area contributed by atoms with Gasteiger partial charge in [0.25, 0.3) is 0 Å². The summed E-state index contributed by atoms with van der Waals surface area (Å²) in [5.74, 6) is -1.50. The second-order valence-corrected chi connectivity index (χ2v) is 7.34. The molecule has 9 nitrogen and oxygen atoms in total. The molecule has 2 N–H and O–H groups in total. The summed E-state index contributed by atoms with van der Waals surface area (Å²) in [4.78, 5) is 35.1. The summed E-state index contributed by atoms with van der Waals surface area (Å²) < 4.78 is 26.5. The number of hydrogen-bond donors (Lipinski definition) is 1. The van der Waals surface area contributed by atoms with Crippen molar-refractivity contribution < 1.29 is 38.1 Å². The minimum atomic E-state index is -1.09. The van der Waals surface area contributed by atoms with Crippen LogP contribution in [0.15, 0.2) is 24.3 Å². The van der Waals surface area contributed by atoms with E-state index in [-0.39, 0.29) is 11.8 Å². The summed E-state index contributed by atoms with van der Waals surface area (Å²) in [6.07, 6.45) is -2.28. The van der Waals surface area contributed by atoms with Crippen molar-refractivity contribution in [2.45, 2.75) is 51.7 Å². The number of rotatable bonds is 7. The highest BCUT2D eigenvalue weighted by Crippen LogP contribution is 2.34. The number of methoxy groups -OCH3 is 2. The van der Waals surface area contributed by atoms with Crippen LogP contribution in [0.2, 0.25) is 0 Å². The Morgan fingerprint density at radius 1 is 1.07 bits per heavy atom. The molecule has 0 aromatic heterocycles. The molecule has 1 fully saturated rings. The van der Waals surface area contributed by atoms with Crippen molar-refractivity contribution in [2.75, 3.05) is 14.2 Å². The van der Waals surface area contributed by atoms with E-state index in [4.69, 9.17) is 24.7 Å². The van der Waals surface area contributed by atoms with Gasteiger partial charge in [-0.1, -0.05) is 26.0 Å². The fourth-order valence-corrected chi connectivity index (χ4v) is 3.30. The monoisotopic (exact) mass is 423 g/mol. The first-order valence-corrected chi connectivity index (χ1v) is 9.67. The second kappa shape index (κ2) is 10.4. The molecule has 0 spiro atoms. The highest BCUT2D eigenvalue weighted by atomic mass is 16.7. The lowest BCUT2D eigenvalue weighted by molar-refractivity contribution is -0.243. The SMILES string of the molecule is COC(=O)[C@H]1O[C@@H](Oc2ccc(C[C@H](N)C(=O)OC)cc2)[C@H](C)[C@@H](C)[C@@H]1OC(C)=O. The van der Waals surface area contributed by atoms with Gasteiger partial charge in [0.1, 0.15) is 17.9 Å². The minimum absolute atomic E-state index is 0.178. The van der Waals surface area contributed by atoms with Gasteiger partial charge in [-0.2, -0.15) is 0 Å². The van der Waals surface area contributed by atoms with E-state index in [0.717, 1.165) is 5.56 Å². The van der Waals surface area contributed by atoms with E-state index in [9.17, 15) is 14.4 Å². The van der Waals surface area contributed by atoms with Gasteiger partial charge in [0, 0.05) is 18.8 Å². The third-order valence-corrected chi connectivity index (χ3v) is 5.23. The Bertz CT molecular complexity index is 750. The van der Waals surface area contributed by atoms with Crippen LogP contribution in [0.5, 0.6) is 5.75 Å². The number of hydrogen-bond acceptors (Lipinski definition) is 9. The maximum absolute atomic E-state index is 12.2. The van der Waals surface area contributed by atoms with Gasteiger partial charge < -0.3 is 29.4 Å². The van der Waals surface area contributed by atoms with Crippen LogP contribution in [0.4, 0.5) is 0 Å². The van der Waals surface area contributed by atoms with Gasteiger partial charge in [0.05, 0.1) is 14.2 Å². The van der Waals surface area contributed by atoms with Crippen LogP contribution in [-0.4, -0.2) is 56.7 Å². The molecule has 1 aromatic carbocycles. The van der Waals surface area contributed by atoms with Crippen molar-refractivity contribution >= 4 is 17.9 Å². The number of esters is 3. The first kappa shape index (κ1) is 23.6. The molecular formula is C21H29NO8. The highest BCUT2D eigenvalue weighted by Gasteiger charge is 2.48. The molecule has 1 aromatic rings. The molecule has 1 aliphatic heterocycles. The van der Waals surface area contributed by atoms with Gasteiger partial charge in [0.2, 0.25) is 6.29 Å². The first-order chi connectivity index (χ1) is 14.2. The van der Waals surface area contributed by atoms with E-state index < -0.39 is 42.4 Å². The Morgan fingerprint density at radius 2 is 1.70 bits per heavy atom. The Labute approximate surface area is 175 Å². The lowest BCUT2D eigenvalue weighted by Crippen LogP contribution is -2.55. The summed E-state index contributed by atoms with van der Waals surface area (Å²) in [6.45, 7) is 5.04. The molecule has 0 amide bonds. The van der Waals surface area contributed by atoms with Crippen molar-refractivity contribution in [3.05, 3.63) is 29.8 Å². The molecule has 6 atom stereocenters. The molecule has 9 heteroatoms. The Hall–Kier alpha value is -2.65. The molecule has 0 unspecified atom stereocenters. The number of ether oxygens (including phenoxy) is 5. The van der Waals surface area contributed by atoms with Crippen LogP contribution in [-0.2, 0) is 39.8 Å². The van der Waals surface area contributed by atoms with Crippen LogP contribution in [0, 0.1) is 11.8 Å². The molecule has 166 valence electrons. The zero-order valence-corrected chi connectivity index (χ0v) is 17.8. The molecule has 0 radical (unpaired) electrons. The smallest absolute Gasteiger partial charge is 0.339 e. The Kier molecular flexibility index (Phi) is 8.19.